The minimum atomic E-state index is -0.0880. The van der Waals surface area contributed by atoms with Crippen LogP contribution in [-0.2, 0) is 0 Å². The molecule has 0 aliphatic heterocycles. The molecule has 0 aromatic carbocycles. The summed E-state index contributed by atoms with van der Waals surface area (Å²) in [4.78, 5) is 10.4. The van der Waals surface area contributed by atoms with Crippen molar-refractivity contribution in [1.29, 1.82) is 0 Å². The number of urea groups is 1. The van der Waals surface area contributed by atoms with Gasteiger partial charge in [0.1, 0.15) is 0 Å². The Morgan fingerprint density at radius 2 is 2.38 bits per heavy atom. The van der Waals surface area contributed by atoms with Gasteiger partial charge in [0.05, 0.1) is 0 Å². The number of rotatable bonds is 2. The summed E-state index contributed by atoms with van der Waals surface area (Å²) in [7, 11) is 0.686. The second-order valence-electron chi connectivity index (χ2n) is 1.39. The van der Waals surface area contributed by atoms with E-state index in [0.29, 0.717) is 14.0 Å². The number of nitrogens with one attached hydrogen (secondary N) is 2. The first kappa shape index (κ1) is 7.33. The average molecular weight is 114 g/mol. The van der Waals surface area contributed by atoms with Crippen molar-refractivity contribution in [2.24, 2.45) is 0 Å². The smallest absolute Gasteiger partial charge is 0.302 e. The van der Waals surface area contributed by atoms with Gasteiger partial charge in [-0.25, -0.2) is 0 Å². The minimum Gasteiger partial charge on any atom is -0.385 e. The largest absolute Gasteiger partial charge is 0.385 e. The zero-order chi connectivity index (χ0) is 6.41. The third kappa shape index (κ3) is 3.52. The lowest BCUT2D eigenvalue weighted by molar-refractivity contribution is 0.246. The quantitative estimate of drug-likeness (QED) is 0.475. The molecule has 0 fully saturated rings. The molecule has 0 bridgehead atoms. The molecule has 0 aromatic heterocycles. The van der Waals surface area contributed by atoms with Crippen LogP contribution in [0, 0.1) is 0 Å². The summed E-state index contributed by atoms with van der Waals surface area (Å²) in [5, 5.41) is 5.19. The van der Waals surface area contributed by atoms with Gasteiger partial charge in [-0.05, 0) is 6.92 Å². The molecule has 46 valence electrons. The summed E-state index contributed by atoms with van der Waals surface area (Å²) in [6.07, 6.45) is 0. The van der Waals surface area contributed by atoms with E-state index in [0.717, 1.165) is 0 Å². The van der Waals surface area contributed by atoms with Crippen LogP contribution in [0.4, 0.5) is 4.79 Å². The number of carbonyl (C=O) groups excluding carboxylic acids is 1. The van der Waals surface area contributed by atoms with Gasteiger partial charge in [0.25, 0.3) is 0 Å². The van der Waals surface area contributed by atoms with Crippen molar-refractivity contribution in [2.75, 3.05) is 6.54 Å². The number of amides is 2. The van der Waals surface area contributed by atoms with Crippen molar-refractivity contribution < 1.29 is 4.79 Å². The Morgan fingerprint density at radius 3 is 2.75 bits per heavy atom. The Hall–Kier alpha value is -0.665. The molecule has 0 unspecified atom stereocenters. The second-order valence-corrected chi connectivity index (χ2v) is 1.39. The zero-order valence-corrected chi connectivity index (χ0v) is 5.32. The number of hydrogen-bond donors (Lipinski definition) is 2. The predicted octanol–water partition coefficient (Wildman–Crippen LogP) is -0.295. The Morgan fingerprint density at radius 1 is 1.75 bits per heavy atom. The van der Waals surface area contributed by atoms with Gasteiger partial charge in [-0.2, -0.15) is 0 Å². The molecule has 0 saturated carbocycles. The first-order valence-corrected chi connectivity index (χ1v) is 2.83. The first-order valence-electron chi connectivity index (χ1n) is 2.83. The molecule has 0 aliphatic rings. The monoisotopic (exact) mass is 114 g/mol. The van der Waals surface area contributed by atoms with Gasteiger partial charge >= 0.3 is 6.03 Å². The van der Waals surface area contributed by atoms with E-state index in [1.807, 2.05) is 13.7 Å². The Kier molecular flexibility index (Phi) is 4.12. The molecule has 0 heterocycles. The molecule has 4 heteroatoms. The highest BCUT2D eigenvalue weighted by Crippen LogP contribution is 1.59. The third-order valence-corrected chi connectivity index (χ3v) is 0.675. The van der Waals surface area contributed by atoms with Crippen LogP contribution in [-0.4, -0.2) is 20.0 Å². The summed E-state index contributed by atoms with van der Waals surface area (Å²) >= 11 is 0. The fourth-order valence-corrected chi connectivity index (χ4v) is 0.384. The molecular weight excluding hydrogens is 103 g/mol. The molecule has 2 amide bonds. The molecule has 3 nitrogen and oxygen atoms in total. The lowest BCUT2D eigenvalue weighted by Gasteiger charge is -1.99. The Labute approximate surface area is 50.1 Å². The van der Waals surface area contributed by atoms with E-state index in [2.05, 4.69) is 10.5 Å². The number of carbonyl (C=O) groups is 1. The van der Waals surface area contributed by atoms with Crippen molar-refractivity contribution in [3.8, 4) is 0 Å². The van der Waals surface area contributed by atoms with Gasteiger partial charge in [-0.3, -0.25) is 4.79 Å². The fraction of sp³-hybridized carbons (Fsp3) is 0.750. The third-order valence-electron chi connectivity index (χ3n) is 0.675. The molecule has 2 N–H and O–H groups in total. The highest BCUT2D eigenvalue weighted by molar-refractivity contribution is 6.35. The summed E-state index contributed by atoms with van der Waals surface area (Å²) in [6, 6.07) is -0.0880. The summed E-state index contributed by atoms with van der Waals surface area (Å²) in [5.41, 5.74) is 0. The van der Waals surface area contributed by atoms with E-state index in [-0.39, 0.29) is 6.03 Å². The molecule has 0 radical (unpaired) electrons. The maximum Gasteiger partial charge on any atom is 0.302 e. The van der Waals surface area contributed by atoms with E-state index < -0.39 is 0 Å². The maximum absolute atomic E-state index is 10.4. The van der Waals surface area contributed by atoms with E-state index >= 15 is 0 Å². The molecule has 0 aromatic rings. The maximum atomic E-state index is 10.4. The van der Waals surface area contributed by atoms with Crippen molar-refractivity contribution in [3.05, 3.63) is 0 Å². The highest BCUT2D eigenvalue weighted by atomic mass is 16.2. The van der Waals surface area contributed by atoms with Crippen LogP contribution in [0.2, 0.25) is 6.82 Å². The molecule has 0 spiro atoms. The molecule has 8 heavy (non-hydrogen) atoms. The summed E-state index contributed by atoms with van der Waals surface area (Å²) < 4.78 is 0. The molecule has 0 aliphatic carbocycles. The average Bonchev–Trinajstić information content (AvgIpc) is 1.68. The molecule has 0 rings (SSSR count). The van der Waals surface area contributed by atoms with Crippen LogP contribution in [0.3, 0.4) is 0 Å². The predicted molar refractivity (Wildman–Crippen MR) is 35.2 cm³/mol. The van der Waals surface area contributed by atoms with Crippen LogP contribution in [0.25, 0.3) is 0 Å². The molecule has 0 atom stereocenters. The summed E-state index contributed by atoms with van der Waals surface area (Å²) in [5.74, 6) is 0. The Bertz CT molecular complexity index is 68.4. The van der Waals surface area contributed by atoms with Crippen molar-refractivity contribution >= 4 is 13.4 Å². The summed E-state index contributed by atoms with van der Waals surface area (Å²) in [6.45, 7) is 4.45. The van der Waals surface area contributed by atoms with Crippen LogP contribution in [0.5, 0.6) is 0 Å². The van der Waals surface area contributed by atoms with Gasteiger partial charge in [-0.15, -0.1) is 0 Å². The molecular formula is C4H11BN2O. The van der Waals surface area contributed by atoms with Crippen LogP contribution >= 0.6 is 0 Å². The van der Waals surface area contributed by atoms with Crippen molar-refractivity contribution in [3.63, 3.8) is 0 Å². The van der Waals surface area contributed by atoms with Crippen molar-refractivity contribution in [2.45, 2.75) is 13.7 Å². The van der Waals surface area contributed by atoms with E-state index in [9.17, 15) is 4.79 Å². The topological polar surface area (TPSA) is 41.1 Å². The first-order chi connectivity index (χ1) is 3.81. The lowest BCUT2D eigenvalue weighted by Crippen LogP contribution is -2.36. The van der Waals surface area contributed by atoms with Crippen LogP contribution in [0.15, 0.2) is 0 Å². The van der Waals surface area contributed by atoms with E-state index in [1.54, 1.807) is 0 Å². The van der Waals surface area contributed by atoms with Gasteiger partial charge in [0.2, 0.25) is 7.41 Å². The molecule has 0 saturated heterocycles. The van der Waals surface area contributed by atoms with Gasteiger partial charge in [0.15, 0.2) is 0 Å². The van der Waals surface area contributed by atoms with Gasteiger partial charge < -0.3 is 10.5 Å². The Balaban J connectivity index is 3.06. The van der Waals surface area contributed by atoms with Crippen LogP contribution < -0.4 is 10.5 Å². The van der Waals surface area contributed by atoms with E-state index in [1.165, 1.54) is 0 Å². The van der Waals surface area contributed by atoms with Gasteiger partial charge in [0, 0.05) is 6.54 Å². The zero-order valence-electron chi connectivity index (χ0n) is 5.32. The number of hydrogen-bond acceptors (Lipinski definition) is 1. The minimum absolute atomic E-state index is 0.0880. The normalized spacial score (nSPS) is 7.75. The van der Waals surface area contributed by atoms with Crippen LogP contribution in [0.1, 0.15) is 6.92 Å². The standard InChI is InChI=1S/C4H11BN2O/c1-3-6-4(8)7-5-2/h5H,3H2,1-2H3,(H2,6,7,8). The SMILES string of the molecule is CBNC(=O)NCC. The van der Waals surface area contributed by atoms with E-state index in [4.69, 9.17) is 0 Å². The van der Waals surface area contributed by atoms with Gasteiger partial charge in [-0.1, -0.05) is 6.82 Å². The fourth-order valence-electron chi connectivity index (χ4n) is 0.384. The second kappa shape index (κ2) is 4.49. The highest BCUT2D eigenvalue weighted by Gasteiger charge is 1.90. The van der Waals surface area contributed by atoms with Crippen molar-refractivity contribution in [1.82, 2.24) is 10.5 Å². The lowest BCUT2D eigenvalue weighted by atomic mass is 10.0.